The molecule has 0 spiro atoms. The maximum Gasteiger partial charge on any atom is 0.182 e. The fraction of sp³-hybridized carbons (Fsp3) is 0.700. The fourth-order valence-electron chi connectivity index (χ4n) is 2.31. The van der Waals surface area contributed by atoms with E-state index < -0.39 is 25.7 Å². The van der Waals surface area contributed by atoms with Crippen LogP contribution in [0.3, 0.4) is 0 Å². The number of nitrogens with zero attached hydrogens (tertiary/aromatic N) is 3. The molecule has 1 atom stereocenters. The Bertz CT molecular complexity index is 734. The van der Waals surface area contributed by atoms with E-state index in [4.69, 9.17) is 5.73 Å². The summed E-state index contributed by atoms with van der Waals surface area (Å²) in [7, 11) is -3.33. The van der Waals surface area contributed by atoms with Gasteiger partial charge in [0.2, 0.25) is 0 Å². The van der Waals surface area contributed by atoms with Gasteiger partial charge in [-0.2, -0.15) is 5.10 Å². The Balaban J connectivity index is 2.58. The Labute approximate surface area is 118 Å². The van der Waals surface area contributed by atoms with E-state index in [2.05, 4.69) is 5.10 Å². The lowest BCUT2D eigenvalue weighted by atomic mass is 10.3. The number of nitrogen functional groups attached to an aromatic ring is 1. The van der Waals surface area contributed by atoms with E-state index in [1.807, 2.05) is 0 Å². The number of nitrogens with two attached hydrogens (primary N) is 1. The van der Waals surface area contributed by atoms with Crippen LogP contribution in [0, 0.1) is 0 Å². The predicted octanol–water partition coefficient (Wildman–Crippen LogP) is -0.706. The molecule has 1 unspecified atom stereocenters. The molecule has 20 heavy (non-hydrogen) atoms. The second-order valence-electron chi connectivity index (χ2n) is 5.21. The molecule has 0 radical (unpaired) electrons. The molecule has 8 nitrogen and oxygen atoms in total. The van der Waals surface area contributed by atoms with E-state index in [1.54, 1.807) is 19.0 Å². The topological polar surface area (TPSA) is 115 Å². The molecule has 0 amide bonds. The third-order valence-electron chi connectivity index (χ3n) is 3.23. The van der Waals surface area contributed by atoms with Crippen molar-refractivity contribution in [2.24, 2.45) is 0 Å². The minimum atomic E-state index is -3.55. The molecule has 0 saturated carbocycles. The summed E-state index contributed by atoms with van der Waals surface area (Å²) < 4.78 is 48.1. The Morgan fingerprint density at radius 3 is 2.35 bits per heavy atom. The van der Waals surface area contributed by atoms with Gasteiger partial charge in [-0.15, -0.1) is 0 Å². The summed E-state index contributed by atoms with van der Waals surface area (Å²) in [6.45, 7) is 0. The molecule has 10 heteroatoms. The van der Waals surface area contributed by atoms with Crippen molar-refractivity contribution in [1.29, 1.82) is 0 Å². The van der Waals surface area contributed by atoms with Gasteiger partial charge in [-0.05, 0) is 6.42 Å². The molecule has 2 heterocycles. The lowest BCUT2D eigenvalue weighted by Gasteiger charge is -2.10. The highest BCUT2D eigenvalue weighted by Crippen LogP contribution is 2.34. The molecule has 0 bridgehead atoms. The summed E-state index contributed by atoms with van der Waals surface area (Å²) in [6.07, 6.45) is 1.45. The van der Waals surface area contributed by atoms with Gasteiger partial charge in [0.1, 0.15) is 5.82 Å². The highest BCUT2D eigenvalue weighted by atomic mass is 32.2. The van der Waals surface area contributed by atoms with Crippen LogP contribution in [0.4, 0.5) is 11.6 Å². The van der Waals surface area contributed by atoms with Gasteiger partial charge < -0.3 is 10.6 Å². The molecule has 1 fully saturated rings. The smallest absolute Gasteiger partial charge is 0.182 e. The summed E-state index contributed by atoms with van der Waals surface area (Å²) in [5.41, 5.74) is 5.90. The van der Waals surface area contributed by atoms with Gasteiger partial charge in [-0.25, -0.2) is 21.5 Å². The van der Waals surface area contributed by atoms with Crippen LogP contribution >= 0.6 is 0 Å². The summed E-state index contributed by atoms with van der Waals surface area (Å²) in [5, 5.41) is 4.20. The monoisotopic (exact) mass is 322 g/mol. The maximum absolute atomic E-state index is 11.9. The third-order valence-corrected chi connectivity index (χ3v) is 6.12. The first-order valence-corrected chi connectivity index (χ1v) is 9.70. The molecule has 1 saturated heterocycles. The zero-order valence-electron chi connectivity index (χ0n) is 11.6. The Kier molecular flexibility index (Phi) is 3.49. The summed E-state index contributed by atoms with van der Waals surface area (Å²) >= 11 is 0. The number of hydrogen-bond acceptors (Lipinski definition) is 7. The van der Waals surface area contributed by atoms with Gasteiger partial charge in [-0.3, -0.25) is 0 Å². The second-order valence-corrected chi connectivity index (χ2v) is 9.39. The predicted molar refractivity (Wildman–Crippen MR) is 76.4 cm³/mol. The van der Waals surface area contributed by atoms with Gasteiger partial charge in [0.15, 0.2) is 30.4 Å². The quantitative estimate of drug-likeness (QED) is 0.782. The van der Waals surface area contributed by atoms with Crippen molar-refractivity contribution in [3.8, 4) is 0 Å². The Morgan fingerprint density at radius 2 is 2.00 bits per heavy atom. The van der Waals surface area contributed by atoms with Crippen LogP contribution in [-0.2, 0) is 19.7 Å². The van der Waals surface area contributed by atoms with Crippen molar-refractivity contribution in [2.75, 3.05) is 42.5 Å². The van der Waals surface area contributed by atoms with Crippen LogP contribution in [0.2, 0.25) is 0 Å². The van der Waals surface area contributed by atoms with Crippen LogP contribution in [0.5, 0.6) is 0 Å². The summed E-state index contributed by atoms with van der Waals surface area (Å²) in [4.78, 5) is 1.50. The molecule has 1 aliphatic heterocycles. The van der Waals surface area contributed by atoms with Crippen LogP contribution in [0.25, 0.3) is 0 Å². The summed E-state index contributed by atoms with van der Waals surface area (Å²) in [6, 6.07) is -0.408. The molecule has 1 aromatic rings. The average Bonchev–Trinajstić information content (AvgIpc) is 2.77. The number of hydrogen-bond donors (Lipinski definition) is 1. The Morgan fingerprint density at radius 1 is 1.40 bits per heavy atom. The lowest BCUT2D eigenvalue weighted by molar-refractivity contribution is 0.506. The first-order chi connectivity index (χ1) is 9.03. The molecule has 0 aliphatic carbocycles. The van der Waals surface area contributed by atoms with Crippen molar-refractivity contribution in [2.45, 2.75) is 17.4 Å². The highest BCUT2D eigenvalue weighted by Gasteiger charge is 2.34. The number of rotatable bonds is 3. The fourth-order valence-corrected chi connectivity index (χ4v) is 5.04. The van der Waals surface area contributed by atoms with E-state index in [0.717, 1.165) is 6.26 Å². The molecule has 1 aliphatic rings. The minimum absolute atomic E-state index is 0.00157. The van der Waals surface area contributed by atoms with E-state index >= 15 is 0 Å². The van der Waals surface area contributed by atoms with E-state index in [9.17, 15) is 16.8 Å². The molecular formula is C10H18N4O4S2. The van der Waals surface area contributed by atoms with E-state index in [-0.39, 0.29) is 28.0 Å². The molecule has 114 valence electrons. The molecule has 2 rings (SSSR count). The highest BCUT2D eigenvalue weighted by molar-refractivity contribution is 7.91. The van der Waals surface area contributed by atoms with Crippen molar-refractivity contribution < 1.29 is 16.8 Å². The van der Waals surface area contributed by atoms with Crippen LogP contribution < -0.4 is 10.6 Å². The number of aromatic nitrogens is 2. The number of sulfone groups is 2. The van der Waals surface area contributed by atoms with Gasteiger partial charge in [0.25, 0.3) is 0 Å². The van der Waals surface area contributed by atoms with Crippen molar-refractivity contribution in [3.05, 3.63) is 0 Å². The molecule has 2 N–H and O–H groups in total. The van der Waals surface area contributed by atoms with E-state index in [1.165, 1.54) is 4.68 Å². The first kappa shape index (κ1) is 15.1. The van der Waals surface area contributed by atoms with Crippen molar-refractivity contribution in [3.63, 3.8) is 0 Å². The summed E-state index contributed by atoms with van der Waals surface area (Å²) in [5.74, 6) is 0.241. The van der Waals surface area contributed by atoms with Crippen LogP contribution in [-0.4, -0.2) is 58.5 Å². The van der Waals surface area contributed by atoms with Gasteiger partial charge in [0.05, 0.1) is 17.5 Å². The molecular weight excluding hydrogens is 304 g/mol. The Hall–Kier alpha value is -1.29. The van der Waals surface area contributed by atoms with Gasteiger partial charge in [-0.1, -0.05) is 0 Å². The third kappa shape index (κ3) is 2.62. The molecule has 0 aromatic carbocycles. The molecule has 1 aromatic heterocycles. The minimum Gasteiger partial charge on any atom is -0.383 e. The normalized spacial score (nSPS) is 22.1. The van der Waals surface area contributed by atoms with E-state index in [0.29, 0.717) is 6.42 Å². The first-order valence-electron chi connectivity index (χ1n) is 5.99. The van der Waals surface area contributed by atoms with Crippen LogP contribution in [0.1, 0.15) is 12.5 Å². The van der Waals surface area contributed by atoms with Crippen molar-refractivity contribution in [1.82, 2.24) is 9.78 Å². The maximum atomic E-state index is 11.9. The standard InChI is InChI=1S/C10H18N4O4S2/c1-13(2)10-8(19(3,15)16)9(11)14(12-10)7-4-5-20(17,18)6-7/h7H,4-6,11H2,1-3H3. The SMILES string of the molecule is CN(C)c1nn(C2CCS(=O)(=O)C2)c(N)c1S(C)(=O)=O. The average molecular weight is 322 g/mol. The lowest BCUT2D eigenvalue weighted by Crippen LogP contribution is -2.16. The largest absolute Gasteiger partial charge is 0.383 e. The van der Waals surface area contributed by atoms with Crippen LogP contribution in [0.15, 0.2) is 4.90 Å². The van der Waals surface area contributed by atoms with Gasteiger partial charge in [0, 0.05) is 20.4 Å². The zero-order chi connectivity index (χ0) is 15.3. The van der Waals surface area contributed by atoms with Crippen molar-refractivity contribution >= 4 is 31.3 Å². The van der Waals surface area contributed by atoms with Gasteiger partial charge >= 0.3 is 0 Å². The number of anilines is 2. The zero-order valence-corrected chi connectivity index (χ0v) is 13.2. The second kappa shape index (κ2) is 4.62.